The van der Waals surface area contributed by atoms with Crippen LogP contribution in [0.25, 0.3) is 0 Å². The summed E-state index contributed by atoms with van der Waals surface area (Å²) in [5.74, 6) is 0.419. The summed E-state index contributed by atoms with van der Waals surface area (Å²) in [6.45, 7) is 6.27. The van der Waals surface area contributed by atoms with Gasteiger partial charge in [0.05, 0.1) is 0 Å². The summed E-state index contributed by atoms with van der Waals surface area (Å²) in [5.41, 5.74) is 3.21. The lowest BCUT2D eigenvalue weighted by molar-refractivity contribution is -0.00166. The van der Waals surface area contributed by atoms with Crippen LogP contribution in [0.1, 0.15) is 37.3 Å². The zero-order chi connectivity index (χ0) is 12.5. The Bertz CT molecular complexity index is 430. The number of fused-ring (bicyclic) bond motifs is 1. The minimum Gasteiger partial charge on any atom is -0.358 e. The molecule has 1 aliphatic heterocycles. The highest BCUT2D eigenvalue weighted by Crippen LogP contribution is 2.39. The number of anilines is 1. The SMILES string of the molecule is Cc1ccc2c(c1)C(C)CC(C)(OC[C]=O)N2. The van der Waals surface area contributed by atoms with Gasteiger partial charge in [-0.3, -0.25) is 4.79 Å². The van der Waals surface area contributed by atoms with Crippen LogP contribution in [-0.2, 0) is 9.53 Å². The van der Waals surface area contributed by atoms with E-state index >= 15 is 0 Å². The Morgan fingerprint density at radius 1 is 1.59 bits per heavy atom. The lowest BCUT2D eigenvalue weighted by Crippen LogP contribution is -2.42. The van der Waals surface area contributed by atoms with Crippen LogP contribution in [-0.4, -0.2) is 18.6 Å². The van der Waals surface area contributed by atoms with Crippen LogP contribution in [0.15, 0.2) is 18.2 Å². The van der Waals surface area contributed by atoms with Crippen molar-refractivity contribution in [1.29, 1.82) is 0 Å². The van der Waals surface area contributed by atoms with Crippen LogP contribution in [0.5, 0.6) is 0 Å². The Morgan fingerprint density at radius 2 is 2.35 bits per heavy atom. The van der Waals surface area contributed by atoms with Crippen molar-refractivity contribution >= 4 is 12.0 Å². The lowest BCUT2D eigenvalue weighted by atomic mass is 9.86. The number of carbonyl (C=O) groups excluding carboxylic acids is 1. The quantitative estimate of drug-likeness (QED) is 0.870. The molecule has 3 heteroatoms. The maximum atomic E-state index is 10.3. The van der Waals surface area contributed by atoms with Crippen LogP contribution in [0.4, 0.5) is 5.69 Å². The van der Waals surface area contributed by atoms with Crippen LogP contribution in [0, 0.1) is 6.92 Å². The van der Waals surface area contributed by atoms with E-state index in [9.17, 15) is 4.79 Å². The molecule has 1 heterocycles. The third-order valence-corrected chi connectivity index (χ3v) is 3.28. The van der Waals surface area contributed by atoms with Crippen molar-refractivity contribution in [1.82, 2.24) is 0 Å². The normalized spacial score (nSPS) is 27.1. The molecule has 0 aliphatic carbocycles. The fraction of sp³-hybridized carbons (Fsp3) is 0.500. The molecule has 1 radical (unpaired) electrons. The minimum atomic E-state index is -0.473. The first-order valence-electron chi connectivity index (χ1n) is 5.92. The second-order valence-corrected chi connectivity index (χ2v) is 4.98. The average molecular weight is 232 g/mol. The summed E-state index contributed by atoms with van der Waals surface area (Å²) in [6, 6.07) is 6.36. The molecule has 0 amide bonds. The van der Waals surface area contributed by atoms with Crippen LogP contribution in [0.3, 0.4) is 0 Å². The number of benzene rings is 1. The molecule has 0 saturated carbocycles. The van der Waals surface area contributed by atoms with Gasteiger partial charge in [-0.2, -0.15) is 0 Å². The van der Waals surface area contributed by atoms with Crippen molar-refractivity contribution in [3.8, 4) is 0 Å². The van der Waals surface area contributed by atoms with E-state index in [4.69, 9.17) is 4.74 Å². The van der Waals surface area contributed by atoms with Crippen molar-refractivity contribution < 1.29 is 9.53 Å². The van der Waals surface area contributed by atoms with Gasteiger partial charge in [0.25, 0.3) is 0 Å². The number of hydrogen-bond acceptors (Lipinski definition) is 3. The molecule has 0 bridgehead atoms. The van der Waals surface area contributed by atoms with Gasteiger partial charge in [0.2, 0.25) is 6.29 Å². The molecular weight excluding hydrogens is 214 g/mol. The summed E-state index contributed by atoms with van der Waals surface area (Å²) in [4.78, 5) is 10.3. The second-order valence-electron chi connectivity index (χ2n) is 4.98. The van der Waals surface area contributed by atoms with E-state index in [2.05, 4.69) is 37.4 Å². The number of ether oxygens (including phenoxy) is 1. The maximum absolute atomic E-state index is 10.3. The highest BCUT2D eigenvalue weighted by molar-refractivity contribution is 5.58. The first-order valence-corrected chi connectivity index (χ1v) is 5.92. The van der Waals surface area contributed by atoms with Gasteiger partial charge in [-0.05, 0) is 31.4 Å². The first-order chi connectivity index (χ1) is 8.04. The number of hydrogen-bond donors (Lipinski definition) is 1. The monoisotopic (exact) mass is 232 g/mol. The summed E-state index contributed by atoms with van der Waals surface area (Å²) in [6.07, 6.45) is 2.63. The molecule has 1 aliphatic rings. The predicted octanol–water partition coefficient (Wildman–Crippen LogP) is 2.76. The van der Waals surface area contributed by atoms with Crippen LogP contribution < -0.4 is 5.32 Å². The van der Waals surface area contributed by atoms with E-state index in [1.807, 2.05) is 6.92 Å². The highest BCUT2D eigenvalue weighted by atomic mass is 16.5. The van der Waals surface area contributed by atoms with Gasteiger partial charge in [-0.25, -0.2) is 0 Å². The maximum Gasteiger partial charge on any atom is 0.226 e. The average Bonchev–Trinajstić information content (AvgIpc) is 2.28. The number of rotatable bonds is 3. The lowest BCUT2D eigenvalue weighted by Gasteiger charge is -2.39. The number of nitrogens with one attached hydrogen (secondary N) is 1. The van der Waals surface area contributed by atoms with E-state index in [1.165, 1.54) is 11.1 Å². The van der Waals surface area contributed by atoms with Gasteiger partial charge < -0.3 is 10.1 Å². The van der Waals surface area contributed by atoms with Gasteiger partial charge >= 0.3 is 0 Å². The van der Waals surface area contributed by atoms with Gasteiger partial charge in [0.1, 0.15) is 12.3 Å². The Labute approximate surface area is 102 Å². The smallest absolute Gasteiger partial charge is 0.226 e. The molecule has 2 atom stereocenters. The van der Waals surface area contributed by atoms with Crippen molar-refractivity contribution in [2.45, 2.75) is 38.8 Å². The molecular formula is C14H18NO2. The predicted molar refractivity (Wildman–Crippen MR) is 67.9 cm³/mol. The van der Waals surface area contributed by atoms with Gasteiger partial charge in [-0.15, -0.1) is 0 Å². The van der Waals surface area contributed by atoms with Gasteiger partial charge in [-0.1, -0.05) is 24.6 Å². The molecule has 0 spiro atoms. The topological polar surface area (TPSA) is 38.3 Å². The van der Waals surface area contributed by atoms with Crippen LogP contribution in [0.2, 0.25) is 0 Å². The van der Waals surface area contributed by atoms with Gasteiger partial charge in [0.15, 0.2) is 0 Å². The summed E-state index contributed by atoms with van der Waals surface area (Å²) >= 11 is 0. The summed E-state index contributed by atoms with van der Waals surface area (Å²) in [7, 11) is 0. The largest absolute Gasteiger partial charge is 0.358 e. The van der Waals surface area contributed by atoms with E-state index in [0.717, 1.165) is 12.1 Å². The standard InChI is InChI=1S/C14H18NO2/c1-10-4-5-13-12(8-10)11(2)9-14(3,15-13)17-7-6-16/h4-5,8,11,15H,7,9H2,1-3H3. The van der Waals surface area contributed by atoms with Crippen molar-refractivity contribution in [2.24, 2.45) is 0 Å². The molecule has 91 valence electrons. The molecule has 3 nitrogen and oxygen atoms in total. The van der Waals surface area contributed by atoms with E-state index in [-0.39, 0.29) is 6.61 Å². The van der Waals surface area contributed by atoms with E-state index in [0.29, 0.717) is 5.92 Å². The zero-order valence-electron chi connectivity index (χ0n) is 10.5. The Hall–Kier alpha value is -1.35. The molecule has 0 fully saturated rings. The molecule has 0 aromatic heterocycles. The fourth-order valence-corrected chi connectivity index (χ4v) is 2.52. The van der Waals surface area contributed by atoms with Crippen LogP contribution >= 0.6 is 0 Å². The van der Waals surface area contributed by atoms with Gasteiger partial charge in [0, 0.05) is 12.1 Å². The van der Waals surface area contributed by atoms with E-state index in [1.54, 1.807) is 6.29 Å². The summed E-state index contributed by atoms with van der Waals surface area (Å²) in [5, 5.41) is 3.36. The molecule has 0 saturated heterocycles. The summed E-state index contributed by atoms with van der Waals surface area (Å²) < 4.78 is 5.54. The molecule has 1 N–H and O–H groups in total. The third-order valence-electron chi connectivity index (χ3n) is 3.28. The number of aryl methyl sites for hydroxylation is 1. The van der Waals surface area contributed by atoms with Crippen molar-refractivity contribution in [3.63, 3.8) is 0 Å². The minimum absolute atomic E-state index is 0.0113. The Morgan fingerprint density at radius 3 is 3.06 bits per heavy atom. The molecule has 2 rings (SSSR count). The Balaban J connectivity index is 2.26. The molecule has 2 unspecified atom stereocenters. The molecule has 1 aromatic carbocycles. The molecule has 17 heavy (non-hydrogen) atoms. The van der Waals surface area contributed by atoms with E-state index < -0.39 is 5.72 Å². The highest BCUT2D eigenvalue weighted by Gasteiger charge is 2.33. The third kappa shape index (κ3) is 2.50. The zero-order valence-corrected chi connectivity index (χ0v) is 10.5. The molecule has 1 aromatic rings. The van der Waals surface area contributed by atoms with Crippen molar-refractivity contribution in [3.05, 3.63) is 29.3 Å². The second kappa shape index (κ2) is 4.49. The first kappa shape index (κ1) is 12.1. The Kier molecular flexibility index (Phi) is 3.20. The van der Waals surface area contributed by atoms with Crippen molar-refractivity contribution in [2.75, 3.05) is 11.9 Å². The fourth-order valence-electron chi connectivity index (χ4n) is 2.52.